The first-order valence-corrected chi connectivity index (χ1v) is 6.61. The number of ether oxygens (including phenoxy) is 1. The number of nitrogens with one attached hydrogen (secondary N) is 1. The van der Waals surface area contributed by atoms with Crippen molar-refractivity contribution in [3.8, 4) is 0 Å². The Bertz CT molecular complexity index is 185. The average molecular weight is 285 g/mol. The van der Waals surface area contributed by atoms with Crippen molar-refractivity contribution in [1.29, 1.82) is 0 Å². The molecule has 0 aromatic carbocycles. The van der Waals surface area contributed by atoms with Crippen LogP contribution < -0.4 is 23.5 Å². The summed E-state index contributed by atoms with van der Waals surface area (Å²) in [5.74, 6) is 0.935. The number of carbonyl (C=O) groups excluding carboxylic acids is 1. The molecule has 0 bridgehead atoms. The van der Waals surface area contributed by atoms with Crippen molar-refractivity contribution in [2.75, 3.05) is 32.1 Å². The van der Waals surface area contributed by atoms with E-state index in [4.69, 9.17) is 4.74 Å². The van der Waals surface area contributed by atoms with Gasteiger partial charge in [-0.3, -0.25) is 4.79 Å². The van der Waals surface area contributed by atoms with E-state index in [2.05, 4.69) is 23.7 Å². The van der Waals surface area contributed by atoms with Crippen molar-refractivity contribution in [1.82, 2.24) is 5.32 Å². The SMILES string of the molecule is CC(CCCC[NH3+])C(=O)NCCOCCS.[Cl-]. The molecular weight excluding hydrogens is 260 g/mol. The van der Waals surface area contributed by atoms with Crippen molar-refractivity contribution in [2.24, 2.45) is 5.92 Å². The molecule has 104 valence electrons. The lowest BCUT2D eigenvalue weighted by Gasteiger charge is -2.11. The standard InChI is InChI=1S/C11H24N2O2S.ClH/c1-10(4-2-3-5-12)11(14)13-6-7-15-8-9-16;/h10,16H,2-9,12H2,1H3,(H,13,14);1H. The molecule has 1 amide bonds. The van der Waals surface area contributed by atoms with Crippen LogP contribution in [0.1, 0.15) is 26.2 Å². The smallest absolute Gasteiger partial charge is 0.222 e. The van der Waals surface area contributed by atoms with Gasteiger partial charge in [0.25, 0.3) is 0 Å². The van der Waals surface area contributed by atoms with Crippen LogP contribution in [0.5, 0.6) is 0 Å². The van der Waals surface area contributed by atoms with Gasteiger partial charge >= 0.3 is 0 Å². The molecule has 0 spiro atoms. The molecule has 0 aromatic heterocycles. The second-order valence-corrected chi connectivity index (χ2v) is 4.32. The van der Waals surface area contributed by atoms with Crippen molar-refractivity contribution in [3.63, 3.8) is 0 Å². The third kappa shape index (κ3) is 12.3. The van der Waals surface area contributed by atoms with Crippen molar-refractivity contribution < 1.29 is 27.7 Å². The Morgan fingerprint density at radius 1 is 1.41 bits per heavy atom. The van der Waals surface area contributed by atoms with Crippen molar-refractivity contribution in [3.05, 3.63) is 0 Å². The molecule has 0 saturated heterocycles. The minimum Gasteiger partial charge on any atom is -1.00 e. The van der Waals surface area contributed by atoms with Crippen LogP contribution in [0.2, 0.25) is 0 Å². The molecule has 1 atom stereocenters. The third-order valence-corrected chi connectivity index (χ3v) is 2.55. The predicted molar refractivity (Wildman–Crippen MR) is 68.5 cm³/mol. The quantitative estimate of drug-likeness (QED) is 0.298. The highest BCUT2D eigenvalue weighted by Gasteiger charge is 2.11. The van der Waals surface area contributed by atoms with Gasteiger partial charge in [0.15, 0.2) is 0 Å². The second-order valence-electron chi connectivity index (χ2n) is 3.88. The highest BCUT2D eigenvalue weighted by atomic mass is 35.5. The summed E-state index contributed by atoms with van der Waals surface area (Å²) in [7, 11) is 0. The molecule has 0 heterocycles. The third-order valence-electron chi connectivity index (χ3n) is 2.37. The Hall–Kier alpha value is 0.0300. The van der Waals surface area contributed by atoms with Crippen LogP contribution in [-0.4, -0.2) is 38.0 Å². The molecule has 4 nitrogen and oxygen atoms in total. The molecule has 6 heteroatoms. The summed E-state index contributed by atoms with van der Waals surface area (Å²) in [5, 5.41) is 2.86. The Kier molecular flexibility index (Phi) is 16.1. The first-order chi connectivity index (χ1) is 7.72. The van der Waals surface area contributed by atoms with E-state index in [1.165, 1.54) is 0 Å². The molecule has 1 unspecified atom stereocenters. The second kappa shape index (κ2) is 14.1. The number of hydrogen-bond acceptors (Lipinski definition) is 3. The Labute approximate surface area is 116 Å². The van der Waals surface area contributed by atoms with Gasteiger partial charge in [0.2, 0.25) is 5.91 Å². The van der Waals surface area contributed by atoms with E-state index in [1.807, 2.05) is 6.92 Å². The molecule has 4 N–H and O–H groups in total. The van der Waals surface area contributed by atoms with Gasteiger partial charge in [0.05, 0.1) is 19.8 Å². The normalized spacial score (nSPS) is 11.7. The summed E-state index contributed by atoms with van der Waals surface area (Å²) in [6.07, 6.45) is 3.12. The summed E-state index contributed by atoms with van der Waals surface area (Å²) in [6, 6.07) is 0. The van der Waals surface area contributed by atoms with Crippen LogP contribution in [0.15, 0.2) is 0 Å². The lowest BCUT2D eigenvalue weighted by Crippen LogP contribution is -3.00. The van der Waals surface area contributed by atoms with E-state index in [-0.39, 0.29) is 24.2 Å². The fourth-order valence-electron chi connectivity index (χ4n) is 1.35. The minimum atomic E-state index is 0. The monoisotopic (exact) mass is 284 g/mol. The van der Waals surface area contributed by atoms with Crippen molar-refractivity contribution >= 4 is 18.5 Å². The van der Waals surface area contributed by atoms with Crippen LogP contribution in [0.25, 0.3) is 0 Å². The summed E-state index contributed by atoms with van der Waals surface area (Å²) in [5.41, 5.74) is 3.78. The van der Waals surface area contributed by atoms with E-state index < -0.39 is 0 Å². The van der Waals surface area contributed by atoms with Crippen LogP contribution in [0.3, 0.4) is 0 Å². The zero-order valence-electron chi connectivity index (χ0n) is 10.6. The summed E-state index contributed by atoms with van der Waals surface area (Å²) < 4.78 is 5.21. The highest BCUT2D eigenvalue weighted by Crippen LogP contribution is 2.06. The molecule has 0 aliphatic carbocycles. The molecule has 0 fully saturated rings. The molecule has 0 aliphatic heterocycles. The first kappa shape index (κ1) is 19.4. The van der Waals surface area contributed by atoms with Gasteiger partial charge in [-0.2, -0.15) is 12.6 Å². The van der Waals surface area contributed by atoms with Crippen LogP contribution >= 0.6 is 12.6 Å². The number of hydrogen-bond donors (Lipinski definition) is 3. The largest absolute Gasteiger partial charge is 1.00 e. The predicted octanol–water partition coefficient (Wildman–Crippen LogP) is -2.90. The van der Waals surface area contributed by atoms with Gasteiger partial charge in [-0.1, -0.05) is 6.92 Å². The number of thiol groups is 1. The first-order valence-electron chi connectivity index (χ1n) is 5.98. The van der Waals surface area contributed by atoms with Gasteiger partial charge in [-0.25, -0.2) is 0 Å². The number of amides is 1. The van der Waals surface area contributed by atoms with E-state index in [0.717, 1.165) is 31.6 Å². The van der Waals surface area contributed by atoms with Crippen molar-refractivity contribution in [2.45, 2.75) is 26.2 Å². The molecule has 17 heavy (non-hydrogen) atoms. The zero-order chi connectivity index (χ0) is 12.2. The zero-order valence-corrected chi connectivity index (χ0v) is 12.2. The molecule has 0 aromatic rings. The summed E-state index contributed by atoms with van der Waals surface area (Å²) >= 11 is 4.03. The topological polar surface area (TPSA) is 66.0 Å². The molecule has 0 rings (SSSR count). The lowest BCUT2D eigenvalue weighted by atomic mass is 10.0. The minimum absolute atomic E-state index is 0. The van der Waals surface area contributed by atoms with Gasteiger partial charge in [-0.05, 0) is 19.3 Å². The Morgan fingerprint density at radius 2 is 2.12 bits per heavy atom. The molecular formula is C11H25ClN2O2S. The Morgan fingerprint density at radius 3 is 2.71 bits per heavy atom. The number of rotatable bonds is 10. The van der Waals surface area contributed by atoms with E-state index >= 15 is 0 Å². The molecule has 0 aliphatic rings. The maximum atomic E-state index is 11.6. The highest BCUT2D eigenvalue weighted by molar-refractivity contribution is 7.80. The number of halogens is 1. The van der Waals surface area contributed by atoms with Crippen LogP contribution in [0, 0.1) is 5.92 Å². The summed E-state index contributed by atoms with van der Waals surface area (Å²) in [4.78, 5) is 11.6. The van der Waals surface area contributed by atoms with E-state index in [0.29, 0.717) is 19.8 Å². The fourth-order valence-corrected chi connectivity index (χ4v) is 1.47. The van der Waals surface area contributed by atoms with Gasteiger partial charge < -0.3 is 28.2 Å². The van der Waals surface area contributed by atoms with Gasteiger partial charge in [0.1, 0.15) is 0 Å². The van der Waals surface area contributed by atoms with Crippen LogP contribution in [0.4, 0.5) is 0 Å². The van der Waals surface area contributed by atoms with E-state index in [1.54, 1.807) is 0 Å². The fraction of sp³-hybridized carbons (Fsp3) is 0.909. The lowest BCUT2D eigenvalue weighted by molar-refractivity contribution is -0.368. The van der Waals surface area contributed by atoms with Gasteiger partial charge in [-0.15, -0.1) is 0 Å². The average Bonchev–Trinajstić information content (AvgIpc) is 2.28. The molecule has 0 radical (unpaired) electrons. The molecule has 0 saturated carbocycles. The Balaban J connectivity index is 0. The number of quaternary nitrogens is 1. The maximum Gasteiger partial charge on any atom is 0.222 e. The summed E-state index contributed by atoms with van der Waals surface area (Å²) in [6.45, 7) is 4.71. The number of carbonyl (C=O) groups is 1. The van der Waals surface area contributed by atoms with Crippen LogP contribution in [-0.2, 0) is 9.53 Å². The van der Waals surface area contributed by atoms with Gasteiger partial charge in [0, 0.05) is 18.2 Å². The van der Waals surface area contributed by atoms with E-state index in [9.17, 15) is 4.79 Å². The maximum absolute atomic E-state index is 11.6. The number of unbranched alkanes of at least 4 members (excludes halogenated alkanes) is 1.